The first-order valence-corrected chi connectivity index (χ1v) is 8.41. The normalized spacial score (nSPS) is 42.2. The van der Waals surface area contributed by atoms with Crippen LogP contribution in [0, 0.1) is 35.5 Å². The lowest BCUT2D eigenvalue weighted by atomic mass is 9.61. The lowest BCUT2D eigenvalue weighted by Crippen LogP contribution is -2.37. The summed E-state index contributed by atoms with van der Waals surface area (Å²) in [6, 6.07) is 0. The maximum Gasteiger partial charge on any atom is 0.132 e. The molecule has 2 fully saturated rings. The van der Waals surface area contributed by atoms with Crippen LogP contribution >= 0.6 is 0 Å². The number of hydrogen-bond acceptors (Lipinski definition) is 2. The van der Waals surface area contributed by atoms with Crippen LogP contribution in [0.5, 0.6) is 0 Å². The first-order valence-electron chi connectivity index (χ1n) is 8.41. The van der Waals surface area contributed by atoms with Crippen LogP contribution in [-0.4, -0.2) is 11.6 Å². The number of rotatable bonds is 3. The van der Waals surface area contributed by atoms with Gasteiger partial charge in [-0.05, 0) is 76.0 Å². The first-order chi connectivity index (χ1) is 9.40. The van der Waals surface area contributed by atoms with Crippen LogP contribution in [0.3, 0.4) is 0 Å². The predicted octanol–water partition coefficient (Wildman–Crippen LogP) is 4.27. The topological polar surface area (TPSA) is 34.1 Å². The highest BCUT2D eigenvalue weighted by molar-refractivity contribution is 5.78. The molecule has 0 aromatic heterocycles. The molecule has 0 saturated heterocycles. The zero-order valence-electron chi connectivity index (χ0n) is 13.5. The van der Waals surface area contributed by atoms with E-state index in [0.717, 1.165) is 37.5 Å². The molecule has 0 aliphatic heterocycles. The van der Waals surface area contributed by atoms with Crippen molar-refractivity contribution in [1.82, 2.24) is 0 Å². The SMILES string of the molecule is CC(=O)C1CCC(C2CCC(C(C)=O)CC2C)C(C)C1. The Kier molecular flexibility index (Phi) is 5.04. The Labute approximate surface area is 123 Å². The van der Waals surface area contributed by atoms with E-state index in [2.05, 4.69) is 13.8 Å². The Morgan fingerprint density at radius 2 is 1.05 bits per heavy atom. The van der Waals surface area contributed by atoms with E-state index in [4.69, 9.17) is 0 Å². The van der Waals surface area contributed by atoms with E-state index in [1.165, 1.54) is 12.8 Å². The van der Waals surface area contributed by atoms with E-state index >= 15 is 0 Å². The van der Waals surface area contributed by atoms with Gasteiger partial charge < -0.3 is 0 Å². The minimum atomic E-state index is 0.310. The molecule has 0 spiro atoms. The number of Topliss-reactive ketones (excluding diaryl/α,β-unsaturated/α-hetero) is 2. The maximum atomic E-state index is 11.6. The summed E-state index contributed by atoms with van der Waals surface area (Å²) in [4.78, 5) is 23.1. The highest BCUT2D eigenvalue weighted by Gasteiger charge is 2.39. The largest absolute Gasteiger partial charge is 0.300 e. The maximum absolute atomic E-state index is 11.6. The van der Waals surface area contributed by atoms with E-state index in [1.54, 1.807) is 13.8 Å². The van der Waals surface area contributed by atoms with Crippen molar-refractivity contribution in [2.24, 2.45) is 35.5 Å². The molecule has 2 aliphatic rings. The Morgan fingerprint density at radius 3 is 1.30 bits per heavy atom. The molecule has 2 nitrogen and oxygen atoms in total. The first kappa shape index (κ1) is 15.7. The summed E-state index contributed by atoms with van der Waals surface area (Å²) in [6.07, 6.45) is 6.77. The lowest BCUT2D eigenvalue weighted by molar-refractivity contribution is -0.125. The molecule has 6 unspecified atom stereocenters. The molecule has 0 aromatic carbocycles. The van der Waals surface area contributed by atoms with Crippen molar-refractivity contribution in [3.8, 4) is 0 Å². The number of hydrogen-bond donors (Lipinski definition) is 0. The van der Waals surface area contributed by atoms with Crippen LogP contribution in [0.2, 0.25) is 0 Å². The van der Waals surface area contributed by atoms with E-state index < -0.39 is 0 Å². The van der Waals surface area contributed by atoms with Crippen LogP contribution in [-0.2, 0) is 9.59 Å². The van der Waals surface area contributed by atoms with Gasteiger partial charge in [0, 0.05) is 11.8 Å². The van der Waals surface area contributed by atoms with Crippen molar-refractivity contribution in [1.29, 1.82) is 0 Å². The summed E-state index contributed by atoms with van der Waals surface area (Å²) in [5.74, 6) is 4.25. The molecule has 0 radical (unpaired) electrons. The fraction of sp³-hybridized carbons (Fsp3) is 0.889. The van der Waals surface area contributed by atoms with E-state index in [0.29, 0.717) is 35.2 Å². The molecule has 0 bridgehead atoms. The quantitative estimate of drug-likeness (QED) is 0.772. The van der Waals surface area contributed by atoms with Crippen molar-refractivity contribution in [2.75, 3.05) is 0 Å². The third kappa shape index (κ3) is 3.32. The molecule has 0 heterocycles. The molecular weight excluding hydrogens is 248 g/mol. The average Bonchev–Trinajstić information content (AvgIpc) is 2.38. The van der Waals surface area contributed by atoms with Gasteiger partial charge in [0.1, 0.15) is 11.6 Å². The van der Waals surface area contributed by atoms with Gasteiger partial charge in [0.15, 0.2) is 0 Å². The number of carbonyl (C=O) groups excluding carboxylic acids is 2. The minimum Gasteiger partial charge on any atom is -0.300 e. The van der Waals surface area contributed by atoms with Gasteiger partial charge in [0.05, 0.1) is 0 Å². The molecule has 2 heteroatoms. The van der Waals surface area contributed by atoms with Gasteiger partial charge in [-0.1, -0.05) is 13.8 Å². The Bertz CT molecular complexity index is 338. The van der Waals surface area contributed by atoms with Gasteiger partial charge in [-0.2, -0.15) is 0 Å². The summed E-state index contributed by atoms with van der Waals surface area (Å²) < 4.78 is 0. The molecule has 0 N–H and O–H groups in total. The second-order valence-corrected chi connectivity index (χ2v) is 7.52. The minimum absolute atomic E-state index is 0.310. The van der Waals surface area contributed by atoms with Gasteiger partial charge >= 0.3 is 0 Å². The van der Waals surface area contributed by atoms with Gasteiger partial charge in [0.2, 0.25) is 0 Å². The molecule has 6 atom stereocenters. The van der Waals surface area contributed by atoms with Crippen LogP contribution in [0.1, 0.15) is 66.2 Å². The number of carbonyl (C=O) groups is 2. The van der Waals surface area contributed by atoms with E-state index in [1.807, 2.05) is 0 Å². The molecule has 20 heavy (non-hydrogen) atoms. The molecule has 114 valence electrons. The molecule has 0 amide bonds. The smallest absolute Gasteiger partial charge is 0.132 e. The van der Waals surface area contributed by atoms with Gasteiger partial charge in [0.25, 0.3) is 0 Å². The molecule has 2 aliphatic carbocycles. The fourth-order valence-corrected chi connectivity index (χ4v) is 4.85. The van der Waals surface area contributed by atoms with Gasteiger partial charge in [-0.3, -0.25) is 9.59 Å². The second kappa shape index (κ2) is 6.41. The molecule has 2 saturated carbocycles. The highest BCUT2D eigenvalue weighted by atomic mass is 16.1. The monoisotopic (exact) mass is 278 g/mol. The summed E-state index contributed by atoms with van der Waals surface area (Å²) in [5.41, 5.74) is 0. The van der Waals surface area contributed by atoms with Crippen molar-refractivity contribution in [3.63, 3.8) is 0 Å². The zero-order valence-corrected chi connectivity index (χ0v) is 13.5. The van der Waals surface area contributed by atoms with Crippen LogP contribution in [0.4, 0.5) is 0 Å². The third-order valence-corrected chi connectivity index (χ3v) is 6.17. The lowest BCUT2D eigenvalue weighted by Gasteiger charge is -2.44. The Balaban J connectivity index is 1.96. The number of ketones is 2. The van der Waals surface area contributed by atoms with Crippen molar-refractivity contribution in [2.45, 2.75) is 66.2 Å². The Morgan fingerprint density at radius 1 is 0.700 bits per heavy atom. The van der Waals surface area contributed by atoms with Gasteiger partial charge in [-0.25, -0.2) is 0 Å². The highest BCUT2D eigenvalue weighted by Crippen LogP contribution is 2.46. The predicted molar refractivity (Wildman–Crippen MR) is 81.4 cm³/mol. The van der Waals surface area contributed by atoms with Crippen molar-refractivity contribution < 1.29 is 9.59 Å². The molecule has 2 rings (SSSR count). The van der Waals surface area contributed by atoms with Gasteiger partial charge in [-0.15, -0.1) is 0 Å². The van der Waals surface area contributed by atoms with Crippen LogP contribution in [0.15, 0.2) is 0 Å². The third-order valence-electron chi connectivity index (χ3n) is 6.17. The van der Waals surface area contributed by atoms with E-state index in [9.17, 15) is 9.59 Å². The molecular formula is C18H30O2. The second-order valence-electron chi connectivity index (χ2n) is 7.52. The van der Waals surface area contributed by atoms with Crippen LogP contribution in [0.25, 0.3) is 0 Å². The standard InChI is InChI=1S/C18H30O2/c1-11-9-15(13(3)19)5-7-17(11)18-8-6-16(14(4)20)10-12(18)2/h11-12,15-18H,5-10H2,1-4H3. The zero-order chi connectivity index (χ0) is 14.9. The molecule has 0 aromatic rings. The fourth-order valence-electron chi connectivity index (χ4n) is 4.85. The summed E-state index contributed by atoms with van der Waals surface area (Å²) >= 11 is 0. The van der Waals surface area contributed by atoms with Crippen LogP contribution < -0.4 is 0 Å². The van der Waals surface area contributed by atoms with Crippen molar-refractivity contribution >= 4 is 11.6 Å². The van der Waals surface area contributed by atoms with E-state index in [-0.39, 0.29) is 0 Å². The van der Waals surface area contributed by atoms with Crippen molar-refractivity contribution in [3.05, 3.63) is 0 Å². The summed E-state index contributed by atoms with van der Waals surface area (Å²) in [6.45, 7) is 8.17. The summed E-state index contributed by atoms with van der Waals surface area (Å²) in [7, 11) is 0. The average molecular weight is 278 g/mol. The summed E-state index contributed by atoms with van der Waals surface area (Å²) in [5, 5.41) is 0. The Hall–Kier alpha value is -0.660.